The second-order valence-corrected chi connectivity index (χ2v) is 18.6. The minimum absolute atomic E-state index is 0.0512. The summed E-state index contributed by atoms with van der Waals surface area (Å²) in [6.07, 6.45) is 10.5. The number of hydrogen-bond acceptors (Lipinski definition) is 5. The van der Waals surface area contributed by atoms with Crippen molar-refractivity contribution >= 4 is 17.8 Å². The second kappa shape index (κ2) is 11.9. The van der Waals surface area contributed by atoms with Crippen LogP contribution in [0.25, 0.3) is 0 Å². The summed E-state index contributed by atoms with van der Waals surface area (Å²) in [6, 6.07) is 0. The smallest absolute Gasteiger partial charge is 0.306 e. The molecule has 5 aliphatic carbocycles. The first-order valence-corrected chi connectivity index (χ1v) is 18.3. The van der Waals surface area contributed by atoms with Crippen LogP contribution in [0.5, 0.6) is 0 Å². The highest BCUT2D eigenvalue weighted by Crippen LogP contribution is 2.77. The van der Waals surface area contributed by atoms with Crippen LogP contribution in [0.3, 0.4) is 0 Å². The predicted molar refractivity (Wildman–Crippen MR) is 182 cm³/mol. The summed E-state index contributed by atoms with van der Waals surface area (Å²) in [5.74, 6) is 1.32. The van der Waals surface area contributed by atoms with E-state index in [1.165, 1.54) is 12.0 Å². The van der Waals surface area contributed by atoms with Gasteiger partial charge in [0, 0.05) is 18.5 Å². The van der Waals surface area contributed by atoms with Crippen molar-refractivity contribution in [2.75, 3.05) is 13.1 Å². The van der Waals surface area contributed by atoms with Gasteiger partial charge >= 0.3 is 11.9 Å². The molecule has 7 heteroatoms. The molecular weight excluding hydrogens is 576 g/mol. The van der Waals surface area contributed by atoms with Crippen LogP contribution in [-0.2, 0) is 19.1 Å². The number of carbonyl (C=O) groups is 3. The number of carboxylic acid groups (broad SMARTS) is 1. The molecule has 1 unspecified atom stereocenters. The normalized spacial score (nSPS) is 42.9. The Morgan fingerprint density at radius 3 is 2.22 bits per heavy atom. The standard InChI is InChI=1S/C39H64N2O5/c1-24(2)25-12-17-39(33(45)41-21-20-40)19-18-37(8)26(32(25)39)10-11-28-36(7)15-14-29(35(5,6)27(36)13-16-38(28,37)9)46-31(44)23-34(3,4)22-30(42)43/h25-29,32H,1,10-23,40H2,2-9H3,(H,41,45)(H,42,43)/t25-,26+,27-,28+,29-,32+,36-,37+,38?,39-/m0/s1. The number of hydrogen-bond donors (Lipinski definition) is 3. The van der Waals surface area contributed by atoms with Crippen LogP contribution < -0.4 is 11.1 Å². The summed E-state index contributed by atoms with van der Waals surface area (Å²) in [5, 5.41) is 12.5. The molecule has 0 spiro atoms. The minimum atomic E-state index is -0.887. The second-order valence-electron chi connectivity index (χ2n) is 18.6. The number of nitrogens with one attached hydrogen (secondary N) is 1. The molecule has 5 rings (SSSR count). The zero-order valence-corrected chi connectivity index (χ0v) is 30.2. The maximum atomic E-state index is 14.0. The fourth-order valence-corrected chi connectivity index (χ4v) is 13.1. The lowest BCUT2D eigenvalue weighted by Gasteiger charge is -2.72. The van der Waals surface area contributed by atoms with Crippen LogP contribution in [-0.4, -0.2) is 42.1 Å². The number of ether oxygens (including phenoxy) is 1. The quantitative estimate of drug-likeness (QED) is 0.177. The average Bonchev–Trinajstić information content (AvgIpc) is 3.34. The Kier molecular flexibility index (Phi) is 9.17. The van der Waals surface area contributed by atoms with Crippen molar-refractivity contribution in [1.82, 2.24) is 5.32 Å². The molecule has 1 amide bonds. The summed E-state index contributed by atoms with van der Waals surface area (Å²) < 4.78 is 6.24. The number of amides is 1. The highest BCUT2D eigenvalue weighted by molar-refractivity contribution is 5.84. The van der Waals surface area contributed by atoms with Crippen LogP contribution in [0.4, 0.5) is 0 Å². The van der Waals surface area contributed by atoms with E-state index in [0.717, 1.165) is 57.8 Å². The molecule has 5 aliphatic rings. The van der Waals surface area contributed by atoms with Crippen LogP contribution in [0.2, 0.25) is 0 Å². The third-order valence-corrected chi connectivity index (χ3v) is 15.4. The zero-order valence-electron chi connectivity index (χ0n) is 30.2. The van der Waals surface area contributed by atoms with Crippen LogP contribution in [0, 0.1) is 62.1 Å². The van der Waals surface area contributed by atoms with E-state index in [1.807, 2.05) is 13.8 Å². The number of fused-ring (bicyclic) bond motifs is 7. The molecule has 5 saturated carbocycles. The molecule has 0 radical (unpaired) electrons. The first-order chi connectivity index (χ1) is 21.3. The summed E-state index contributed by atoms with van der Waals surface area (Å²) >= 11 is 0. The third-order valence-electron chi connectivity index (χ3n) is 15.4. The van der Waals surface area contributed by atoms with Crippen LogP contribution in [0.15, 0.2) is 12.2 Å². The Hall–Kier alpha value is -1.89. The largest absolute Gasteiger partial charge is 0.481 e. The molecule has 0 aromatic carbocycles. The van der Waals surface area contributed by atoms with Crippen molar-refractivity contribution in [2.45, 2.75) is 139 Å². The average molecular weight is 641 g/mol. The molecule has 0 aromatic heterocycles. The van der Waals surface area contributed by atoms with Crippen molar-refractivity contribution in [2.24, 2.45) is 67.8 Å². The van der Waals surface area contributed by atoms with Gasteiger partial charge in [-0.1, -0.05) is 60.6 Å². The van der Waals surface area contributed by atoms with E-state index in [-0.39, 0.29) is 57.9 Å². The molecular formula is C39H64N2O5. The van der Waals surface area contributed by atoms with Gasteiger partial charge in [-0.15, -0.1) is 0 Å². The molecule has 0 heterocycles. The van der Waals surface area contributed by atoms with Crippen molar-refractivity contribution in [3.05, 3.63) is 12.2 Å². The van der Waals surface area contributed by atoms with Gasteiger partial charge in [0.1, 0.15) is 6.10 Å². The lowest BCUT2D eigenvalue weighted by atomic mass is 9.32. The van der Waals surface area contributed by atoms with E-state index >= 15 is 0 Å². The summed E-state index contributed by atoms with van der Waals surface area (Å²) in [4.78, 5) is 38.4. The molecule has 0 saturated heterocycles. The van der Waals surface area contributed by atoms with Gasteiger partial charge in [-0.2, -0.15) is 0 Å². The van der Waals surface area contributed by atoms with Gasteiger partial charge in [0.2, 0.25) is 5.91 Å². The molecule has 10 atom stereocenters. The number of carbonyl (C=O) groups excluding carboxylic acids is 2. The number of allylic oxidation sites excluding steroid dienone is 1. The summed E-state index contributed by atoms with van der Waals surface area (Å²) in [6.45, 7) is 23.7. The lowest BCUT2D eigenvalue weighted by Crippen LogP contribution is -2.67. The van der Waals surface area contributed by atoms with Crippen molar-refractivity contribution in [3.8, 4) is 0 Å². The van der Waals surface area contributed by atoms with Gasteiger partial charge < -0.3 is 20.9 Å². The van der Waals surface area contributed by atoms with Crippen LogP contribution in [0.1, 0.15) is 132 Å². The number of rotatable bonds is 9. The van der Waals surface area contributed by atoms with Gasteiger partial charge in [-0.25, -0.2) is 0 Å². The van der Waals surface area contributed by atoms with Gasteiger partial charge in [0.25, 0.3) is 0 Å². The zero-order chi connectivity index (χ0) is 34.1. The van der Waals surface area contributed by atoms with Crippen molar-refractivity contribution in [3.63, 3.8) is 0 Å². The third kappa shape index (κ3) is 5.37. The van der Waals surface area contributed by atoms with Crippen molar-refractivity contribution in [1.29, 1.82) is 0 Å². The first kappa shape index (κ1) is 35.4. The first-order valence-electron chi connectivity index (χ1n) is 18.3. The highest BCUT2D eigenvalue weighted by Gasteiger charge is 2.72. The van der Waals surface area contributed by atoms with E-state index in [9.17, 15) is 19.5 Å². The Morgan fingerprint density at radius 2 is 1.59 bits per heavy atom. The summed E-state index contributed by atoms with van der Waals surface area (Å²) in [7, 11) is 0. The van der Waals surface area contributed by atoms with Gasteiger partial charge in [-0.05, 0) is 122 Å². The Balaban J connectivity index is 1.40. The SMILES string of the molecule is C=C(C)[C@@H]1CC[C@]2(C(=O)NCCN)CC[C@]3(C)[C@H](CC[C@H]4C3(C)CC[C@H]3C(C)(C)[C@@H](OC(=O)CC(C)(C)CC(=O)O)CC[C@@]34C)[C@@H]12. The molecule has 0 aromatic rings. The molecule has 5 fully saturated rings. The fourth-order valence-electron chi connectivity index (χ4n) is 13.1. The van der Waals surface area contributed by atoms with Gasteiger partial charge in [-0.3, -0.25) is 14.4 Å². The maximum absolute atomic E-state index is 14.0. The number of carboxylic acids is 1. The molecule has 4 N–H and O–H groups in total. The molecule has 46 heavy (non-hydrogen) atoms. The topological polar surface area (TPSA) is 119 Å². The van der Waals surface area contributed by atoms with Gasteiger partial charge in [0.15, 0.2) is 0 Å². The molecule has 7 nitrogen and oxygen atoms in total. The minimum Gasteiger partial charge on any atom is -0.481 e. The number of nitrogens with two attached hydrogens (primary N) is 1. The Bertz CT molecular complexity index is 1240. The number of esters is 1. The van der Waals surface area contributed by atoms with E-state index in [1.54, 1.807) is 0 Å². The molecule has 0 aliphatic heterocycles. The molecule has 0 bridgehead atoms. The summed E-state index contributed by atoms with van der Waals surface area (Å²) in [5.41, 5.74) is 6.41. The van der Waals surface area contributed by atoms with E-state index in [4.69, 9.17) is 10.5 Å². The number of aliphatic carboxylic acids is 1. The van der Waals surface area contributed by atoms with Crippen LogP contribution >= 0.6 is 0 Å². The maximum Gasteiger partial charge on any atom is 0.306 e. The van der Waals surface area contributed by atoms with E-state index in [0.29, 0.717) is 42.7 Å². The lowest BCUT2D eigenvalue weighted by molar-refractivity contribution is -0.249. The van der Waals surface area contributed by atoms with E-state index < -0.39 is 11.4 Å². The van der Waals surface area contributed by atoms with Gasteiger partial charge in [0.05, 0.1) is 18.3 Å². The molecule has 260 valence electrons. The van der Waals surface area contributed by atoms with Crippen molar-refractivity contribution < 1.29 is 24.2 Å². The fraction of sp³-hybridized carbons (Fsp3) is 0.872. The monoisotopic (exact) mass is 640 g/mol. The Labute approximate surface area is 278 Å². The van der Waals surface area contributed by atoms with E-state index in [2.05, 4.69) is 53.4 Å². The Morgan fingerprint density at radius 1 is 0.891 bits per heavy atom. The predicted octanol–water partition coefficient (Wildman–Crippen LogP) is 7.52. The highest BCUT2D eigenvalue weighted by atomic mass is 16.5.